The number of carbonyl (C=O) groups is 2. The van der Waals surface area contributed by atoms with Crippen LogP contribution in [0.5, 0.6) is 0 Å². The molecule has 2 aromatic carbocycles. The summed E-state index contributed by atoms with van der Waals surface area (Å²) in [5.74, 6) is 2.08. The Bertz CT molecular complexity index is 1050. The van der Waals surface area contributed by atoms with Gasteiger partial charge in [0.2, 0.25) is 0 Å². The average Bonchev–Trinajstić information content (AvgIpc) is 3.63. The van der Waals surface area contributed by atoms with Crippen molar-refractivity contribution < 1.29 is 11.0 Å². The molecule has 0 aromatic heterocycles. The Labute approximate surface area is 174 Å². The van der Waals surface area contributed by atoms with E-state index in [4.69, 9.17) is 0 Å². The van der Waals surface area contributed by atoms with Gasteiger partial charge in [-0.1, -0.05) is 36.4 Å². The van der Waals surface area contributed by atoms with Gasteiger partial charge in [-0.3, -0.25) is 9.59 Å². The number of carbonyl (C=O) groups excluding carboxylic acids is 2. The van der Waals surface area contributed by atoms with Crippen LogP contribution in [0.2, 0.25) is 0 Å². The lowest BCUT2D eigenvalue weighted by Gasteiger charge is -2.38. The largest absolute Gasteiger partial charge is 0.298 e. The summed E-state index contributed by atoms with van der Waals surface area (Å²) in [6.07, 6.45) is 0.872. The number of fused-ring (bicyclic) bond motifs is 2. The molecule has 2 aromatic rings. The fourth-order valence-electron chi connectivity index (χ4n) is 6.25. The zero-order valence-electron chi connectivity index (χ0n) is 16.2. The van der Waals surface area contributed by atoms with Gasteiger partial charge < -0.3 is 0 Å². The van der Waals surface area contributed by atoms with E-state index >= 15 is 0 Å². The summed E-state index contributed by atoms with van der Waals surface area (Å²) >= 11 is 3.07. The minimum Gasteiger partial charge on any atom is -0.298 e. The maximum Gasteiger partial charge on any atom is 0.153 e. The second-order valence-corrected chi connectivity index (χ2v) is 11.4. The first kappa shape index (κ1) is 15.3. The Kier molecular flexibility index (Phi) is 2.92. The fraction of sp³-hybridized carbons (Fsp3) is 0.417. The first-order valence-corrected chi connectivity index (χ1v) is 11.8. The molecule has 0 saturated heterocycles. The predicted octanol–water partition coefficient (Wildman–Crippen LogP) is 4.59. The third kappa shape index (κ3) is 1.94. The summed E-state index contributed by atoms with van der Waals surface area (Å²) in [5.41, 5.74) is 0. The van der Waals surface area contributed by atoms with Crippen molar-refractivity contribution in [1.82, 2.24) is 0 Å². The van der Waals surface area contributed by atoms with Crippen molar-refractivity contribution in [3.05, 3.63) is 60.7 Å². The Balaban J connectivity index is 1.35. The molecule has 2 bridgehead atoms. The molecule has 4 heteroatoms. The highest BCUT2D eigenvalue weighted by molar-refractivity contribution is 8.02. The molecule has 28 heavy (non-hydrogen) atoms. The van der Waals surface area contributed by atoms with E-state index in [1.807, 2.05) is 48.5 Å². The van der Waals surface area contributed by atoms with E-state index in [9.17, 15) is 11.0 Å². The quantitative estimate of drug-likeness (QED) is 0.729. The van der Waals surface area contributed by atoms with Crippen molar-refractivity contribution in [3.8, 4) is 0 Å². The number of thioether (sulfide) groups is 2. The number of hydrogen-bond donors (Lipinski definition) is 0. The van der Waals surface area contributed by atoms with E-state index < -0.39 is 9.97 Å². The third-order valence-electron chi connectivity index (χ3n) is 7.60. The highest BCUT2D eigenvalue weighted by atomic mass is 32.2. The van der Waals surface area contributed by atoms with E-state index in [1.165, 1.54) is 11.8 Å². The maximum atomic E-state index is 13.7. The number of Topliss-reactive ketones (excluding diaryl/α,β-unsaturated/α-hetero) is 2. The average molecular weight is 406 g/mol. The second-order valence-electron chi connectivity index (χ2n) is 8.91. The van der Waals surface area contributed by atoms with Crippen molar-refractivity contribution in [2.45, 2.75) is 26.2 Å². The molecule has 0 radical (unpaired) electrons. The topological polar surface area (TPSA) is 34.1 Å². The van der Waals surface area contributed by atoms with Gasteiger partial charge in [0.15, 0.2) is 5.78 Å². The molecule has 0 N–H and O–H groups in total. The van der Waals surface area contributed by atoms with E-state index in [2.05, 4.69) is 12.1 Å². The molecular formula is C24H20O2S2. The first-order chi connectivity index (χ1) is 14.1. The molecule has 0 amide bonds. The number of rotatable bonds is 5. The molecule has 0 spiro atoms. The van der Waals surface area contributed by atoms with Crippen LogP contribution in [0.1, 0.15) is 7.79 Å². The summed E-state index contributed by atoms with van der Waals surface area (Å²) in [6.45, 7) is 0. The third-order valence-corrected chi connectivity index (χ3v) is 10.4. The van der Waals surface area contributed by atoms with E-state index in [1.54, 1.807) is 11.8 Å². The lowest BCUT2D eigenvalue weighted by molar-refractivity contribution is -0.121. The Morgan fingerprint density at radius 1 is 0.893 bits per heavy atom. The van der Waals surface area contributed by atoms with Crippen LogP contribution >= 0.6 is 23.5 Å². The fourth-order valence-corrected chi connectivity index (χ4v) is 9.40. The van der Waals surface area contributed by atoms with Crippen molar-refractivity contribution in [3.63, 3.8) is 0 Å². The molecule has 6 fully saturated rings. The lowest BCUT2D eigenvalue weighted by atomic mass is 9.83. The van der Waals surface area contributed by atoms with E-state index in [0.29, 0.717) is 23.5 Å². The lowest BCUT2D eigenvalue weighted by Crippen LogP contribution is -2.46. The van der Waals surface area contributed by atoms with Gasteiger partial charge >= 0.3 is 0 Å². The minimum atomic E-state index is -1.26. The maximum absolute atomic E-state index is 13.7. The van der Waals surface area contributed by atoms with Crippen molar-refractivity contribution in [1.29, 1.82) is 0 Å². The Hall–Kier alpha value is -1.52. The molecule has 6 aliphatic carbocycles. The Morgan fingerprint density at radius 2 is 1.54 bits per heavy atom. The molecule has 0 aliphatic heterocycles. The van der Waals surface area contributed by atoms with Gasteiger partial charge in [0, 0.05) is 27.5 Å². The summed E-state index contributed by atoms with van der Waals surface area (Å²) in [5, 5.41) is -1.26. The Morgan fingerprint density at radius 3 is 2.14 bits per heavy atom. The van der Waals surface area contributed by atoms with Crippen LogP contribution in [0, 0.1) is 41.4 Å². The molecule has 2 nitrogen and oxygen atoms in total. The molecular weight excluding hydrogens is 384 g/mol. The summed E-state index contributed by atoms with van der Waals surface area (Å²) in [6, 6.07) is 20.0. The zero-order valence-corrected chi connectivity index (χ0v) is 16.8. The minimum absolute atomic E-state index is 0.0115. The van der Waals surface area contributed by atoms with Gasteiger partial charge in [0.25, 0.3) is 0 Å². The van der Waals surface area contributed by atoms with E-state index in [-0.39, 0.29) is 29.5 Å². The van der Waals surface area contributed by atoms with Crippen LogP contribution in [-0.2, 0) is 9.59 Å². The highest BCUT2D eigenvalue weighted by Crippen LogP contribution is 2.88. The standard InChI is InChI=1S/C24H20O2S2/c25-21-15-11-14(15)19(22(21)27-12-7-3-1-4-8-12)24(28-13-9-5-2-6-10-13)20-16-17(20)18(16)23(24)26/h1-10,14-20,22H,11H2/t14-,15+,16-,17+,18?,19+,20?,22-,24-/m0/s1/i22D. The smallest absolute Gasteiger partial charge is 0.153 e. The van der Waals surface area contributed by atoms with Crippen molar-refractivity contribution in [2.24, 2.45) is 41.4 Å². The van der Waals surface area contributed by atoms with Crippen LogP contribution in [0.15, 0.2) is 70.5 Å². The molecule has 0 heterocycles. The molecule has 140 valence electrons. The molecule has 6 aliphatic rings. The first-order valence-electron chi connectivity index (χ1n) is 10.6. The van der Waals surface area contributed by atoms with Crippen molar-refractivity contribution >= 4 is 35.1 Å². The SMILES string of the molecule is [2H][C@@]1(Sc2ccccc2)C(=O)[C@@H]2C[C@@H]2[C@H]1[C@@]1(Sc2ccccc2)C(=O)C2[C@@H]3C1[C@H]23. The number of benzene rings is 2. The molecule has 6 saturated carbocycles. The number of hydrogen-bond acceptors (Lipinski definition) is 4. The van der Waals surface area contributed by atoms with Crippen LogP contribution in [-0.4, -0.2) is 21.5 Å². The van der Waals surface area contributed by atoms with E-state index in [0.717, 1.165) is 16.2 Å². The van der Waals surface area contributed by atoms with Crippen LogP contribution in [0.3, 0.4) is 0 Å². The van der Waals surface area contributed by atoms with Gasteiger partial charge in [-0.15, -0.1) is 23.5 Å². The summed E-state index contributed by atoms with van der Waals surface area (Å²) < 4.78 is 8.87. The van der Waals surface area contributed by atoms with Crippen LogP contribution in [0.4, 0.5) is 0 Å². The highest BCUT2D eigenvalue weighted by Gasteiger charge is 2.92. The van der Waals surface area contributed by atoms with Gasteiger partial charge in [-0.25, -0.2) is 0 Å². The van der Waals surface area contributed by atoms with Crippen LogP contribution < -0.4 is 0 Å². The van der Waals surface area contributed by atoms with Gasteiger partial charge in [-0.05, 0) is 54.4 Å². The van der Waals surface area contributed by atoms with Gasteiger partial charge in [0.05, 0.1) is 11.3 Å². The second kappa shape index (κ2) is 5.34. The van der Waals surface area contributed by atoms with Crippen molar-refractivity contribution in [2.75, 3.05) is 0 Å². The number of ketones is 2. The monoisotopic (exact) mass is 405 g/mol. The zero-order chi connectivity index (χ0) is 19.5. The normalized spacial score (nSPS) is 49.4. The molecule has 2 unspecified atom stereocenters. The summed E-state index contributed by atoms with van der Waals surface area (Å²) in [7, 11) is 0. The van der Waals surface area contributed by atoms with Crippen LogP contribution in [0.25, 0.3) is 0 Å². The van der Waals surface area contributed by atoms with Gasteiger partial charge in [-0.2, -0.15) is 0 Å². The summed E-state index contributed by atoms with van der Waals surface area (Å²) in [4.78, 5) is 29.1. The predicted molar refractivity (Wildman–Crippen MR) is 110 cm³/mol. The molecule has 9 atom stereocenters. The molecule has 8 rings (SSSR count). The van der Waals surface area contributed by atoms with Gasteiger partial charge in [0.1, 0.15) is 5.78 Å².